The van der Waals surface area contributed by atoms with Gasteiger partial charge in [-0.1, -0.05) is 25.5 Å². The molecule has 3 nitrogen and oxygen atoms in total. The van der Waals surface area contributed by atoms with Gasteiger partial charge in [0.25, 0.3) is 0 Å². The van der Waals surface area contributed by atoms with Crippen molar-refractivity contribution in [2.45, 2.75) is 46.2 Å². The summed E-state index contributed by atoms with van der Waals surface area (Å²) in [5.74, 6) is 1.10. The molecular formula is C15H23N3. The minimum Gasteiger partial charge on any atom is -0.327 e. The van der Waals surface area contributed by atoms with Crippen molar-refractivity contribution in [3.63, 3.8) is 0 Å². The third-order valence-corrected chi connectivity index (χ3v) is 3.40. The molecule has 1 unspecified atom stereocenters. The molecule has 0 spiro atoms. The minimum absolute atomic E-state index is 0.602. The molecule has 0 fully saturated rings. The van der Waals surface area contributed by atoms with E-state index in [4.69, 9.17) is 0 Å². The number of para-hydroxylation sites is 2. The predicted molar refractivity (Wildman–Crippen MR) is 76.8 cm³/mol. The molecule has 0 saturated heterocycles. The van der Waals surface area contributed by atoms with Gasteiger partial charge in [0.2, 0.25) is 0 Å². The van der Waals surface area contributed by atoms with Crippen LogP contribution in [0.5, 0.6) is 0 Å². The van der Waals surface area contributed by atoms with Crippen molar-refractivity contribution in [2.75, 3.05) is 6.54 Å². The Morgan fingerprint density at radius 2 is 2.11 bits per heavy atom. The second kappa shape index (κ2) is 6.01. The molecule has 18 heavy (non-hydrogen) atoms. The van der Waals surface area contributed by atoms with E-state index >= 15 is 0 Å². The molecule has 0 saturated carbocycles. The number of rotatable bonds is 6. The van der Waals surface area contributed by atoms with Crippen LogP contribution < -0.4 is 5.32 Å². The number of fused-ring (bicyclic) bond motifs is 1. The van der Waals surface area contributed by atoms with Gasteiger partial charge in [0.05, 0.1) is 11.0 Å². The second-order valence-corrected chi connectivity index (χ2v) is 4.94. The Balaban J connectivity index is 2.01. The van der Waals surface area contributed by atoms with Crippen LogP contribution in [0.25, 0.3) is 11.0 Å². The standard InChI is InChI=1S/C15H23N3/c1-4-7-12(2)16-10-11-18-13(3)17-14-8-5-6-9-15(14)18/h5-6,8-9,12,16H,4,7,10-11H2,1-3H3. The number of imidazole rings is 1. The van der Waals surface area contributed by atoms with E-state index in [9.17, 15) is 0 Å². The fraction of sp³-hybridized carbons (Fsp3) is 0.533. The first-order valence-electron chi connectivity index (χ1n) is 6.87. The van der Waals surface area contributed by atoms with Crippen LogP contribution >= 0.6 is 0 Å². The van der Waals surface area contributed by atoms with Crippen molar-refractivity contribution in [3.05, 3.63) is 30.1 Å². The summed E-state index contributed by atoms with van der Waals surface area (Å²) in [7, 11) is 0. The van der Waals surface area contributed by atoms with Crippen LogP contribution in [-0.4, -0.2) is 22.1 Å². The molecule has 0 amide bonds. The average Bonchev–Trinajstić information content (AvgIpc) is 2.66. The average molecular weight is 245 g/mol. The van der Waals surface area contributed by atoms with Crippen LogP contribution in [0.15, 0.2) is 24.3 Å². The van der Waals surface area contributed by atoms with E-state index in [0.29, 0.717) is 6.04 Å². The first-order chi connectivity index (χ1) is 8.72. The Kier molecular flexibility index (Phi) is 4.37. The van der Waals surface area contributed by atoms with Crippen LogP contribution in [0.4, 0.5) is 0 Å². The van der Waals surface area contributed by atoms with Crippen LogP contribution in [0.2, 0.25) is 0 Å². The molecule has 1 heterocycles. The van der Waals surface area contributed by atoms with Crippen molar-refractivity contribution >= 4 is 11.0 Å². The lowest BCUT2D eigenvalue weighted by Gasteiger charge is -2.13. The van der Waals surface area contributed by atoms with Crippen LogP contribution in [0.1, 0.15) is 32.5 Å². The zero-order chi connectivity index (χ0) is 13.0. The maximum Gasteiger partial charge on any atom is 0.106 e. The smallest absolute Gasteiger partial charge is 0.106 e. The summed E-state index contributed by atoms with van der Waals surface area (Å²) in [6.07, 6.45) is 2.48. The predicted octanol–water partition coefficient (Wildman–Crippen LogP) is 3.12. The van der Waals surface area contributed by atoms with Gasteiger partial charge < -0.3 is 9.88 Å². The van der Waals surface area contributed by atoms with E-state index in [0.717, 1.165) is 24.4 Å². The highest BCUT2D eigenvalue weighted by molar-refractivity contribution is 5.75. The van der Waals surface area contributed by atoms with Crippen LogP contribution in [0, 0.1) is 6.92 Å². The molecular weight excluding hydrogens is 222 g/mol. The lowest BCUT2D eigenvalue weighted by atomic mass is 10.2. The highest BCUT2D eigenvalue weighted by atomic mass is 15.1. The monoisotopic (exact) mass is 245 g/mol. The molecule has 1 aromatic carbocycles. The quantitative estimate of drug-likeness (QED) is 0.847. The third-order valence-electron chi connectivity index (χ3n) is 3.40. The second-order valence-electron chi connectivity index (χ2n) is 4.94. The number of hydrogen-bond donors (Lipinski definition) is 1. The molecule has 0 aliphatic rings. The first kappa shape index (κ1) is 13.1. The van der Waals surface area contributed by atoms with E-state index < -0.39 is 0 Å². The zero-order valence-electron chi connectivity index (χ0n) is 11.6. The summed E-state index contributed by atoms with van der Waals surface area (Å²) in [4.78, 5) is 4.58. The van der Waals surface area contributed by atoms with Crippen LogP contribution in [0.3, 0.4) is 0 Å². The molecule has 2 rings (SSSR count). The molecule has 1 aromatic heterocycles. The van der Waals surface area contributed by atoms with Crippen molar-refractivity contribution in [2.24, 2.45) is 0 Å². The van der Waals surface area contributed by atoms with Gasteiger partial charge in [0.1, 0.15) is 5.82 Å². The molecule has 3 heteroatoms. The Hall–Kier alpha value is -1.35. The normalized spacial score (nSPS) is 13.1. The van der Waals surface area contributed by atoms with E-state index in [1.807, 2.05) is 6.07 Å². The number of aromatic nitrogens is 2. The van der Waals surface area contributed by atoms with Crippen molar-refractivity contribution in [1.82, 2.24) is 14.9 Å². The molecule has 0 aliphatic heterocycles. The first-order valence-corrected chi connectivity index (χ1v) is 6.87. The van der Waals surface area contributed by atoms with Gasteiger partial charge in [0, 0.05) is 19.1 Å². The van der Waals surface area contributed by atoms with Crippen molar-refractivity contribution < 1.29 is 0 Å². The minimum atomic E-state index is 0.602. The van der Waals surface area contributed by atoms with Crippen molar-refractivity contribution in [1.29, 1.82) is 0 Å². The molecule has 0 aliphatic carbocycles. The Morgan fingerprint density at radius 3 is 2.89 bits per heavy atom. The Bertz CT molecular complexity index is 501. The highest BCUT2D eigenvalue weighted by Crippen LogP contribution is 2.14. The lowest BCUT2D eigenvalue weighted by Crippen LogP contribution is -2.29. The lowest BCUT2D eigenvalue weighted by molar-refractivity contribution is 0.486. The van der Waals surface area contributed by atoms with Gasteiger partial charge in [-0.2, -0.15) is 0 Å². The molecule has 0 bridgehead atoms. The van der Waals surface area contributed by atoms with Gasteiger partial charge >= 0.3 is 0 Å². The summed E-state index contributed by atoms with van der Waals surface area (Å²) in [5, 5.41) is 3.57. The number of hydrogen-bond acceptors (Lipinski definition) is 2. The molecule has 2 aromatic rings. The van der Waals surface area contributed by atoms with E-state index in [-0.39, 0.29) is 0 Å². The van der Waals surface area contributed by atoms with E-state index in [1.165, 1.54) is 18.4 Å². The highest BCUT2D eigenvalue weighted by Gasteiger charge is 2.06. The van der Waals surface area contributed by atoms with Gasteiger partial charge in [-0.3, -0.25) is 0 Å². The van der Waals surface area contributed by atoms with E-state index in [1.54, 1.807) is 0 Å². The summed E-state index contributed by atoms with van der Waals surface area (Å²) < 4.78 is 2.29. The SMILES string of the molecule is CCCC(C)NCCn1c(C)nc2ccccc21. The fourth-order valence-corrected chi connectivity index (χ4v) is 2.44. The molecule has 0 radical (unpaired) electrons. The number of aryl methyl sites for hydroxylation is 1. The number of nitrogens with one attached hydrogen (secondary N) is 1. The maximum absolute atomic E-state index is 4.58. The Morgan fingerprint density at radius 1 is 1.33 bits per heavy atom. The third kappa shape index (κ3) is 2.91. The van der Waals surface area contributed by atoms with Gasteiger partial charge in [0.15, 0.2) is 0 Å². The molecule has 1 atom stereocenters. The number of benzene rings is 1. The van der Waals surface area contributed by atoms with Gasteiger partial charge in [-0.05, 0) is 32.4 Å². The summed E-state index contributed by atoms with van der Waals surface area (Å²) in [5.41, 5.74) is 2.33. The summed E-state index contributed by atoms with van der Waals surface area (Å²) in [6, 6.07) is 8.94. The topological polar surface area (TPSA) is 29.9 Å². The van der Waals surface area contributed by atoms with Gasteiger partial charge in [-0.15, -0.1) is 0 Å². The summed E-state index contributed by atoms with van der Waals surface area (Å²) >= 11 is 0. The zero-order valence-corrected chi connectivity index (χ0v) is 11.6. The van der Waals surface area contributed by atoms with E-state index in [2.05, 4.69) is 53.8 Å². The fourth-order valence-electron chi connectivity index (χ4n) is 2.44. The molecule has 1 N–H and O–H groups in total. The largest absolute Gasteiger partial charge is 0.327 e. The number of nitrogens with zero attached hydrogens (tertiary/aromatic N) is 2. The van der Waals surface area contributed by atoms with Gasteiger partial charge in [-0.25, -0.2) is 4.98 Å². The summed E-state index contributed by atoms with van der Waals surface area (Å²) in [6.45, 7) is 8.55. The van der Waals surface area contributed by atoms with Crippen LogP contribution in [-0.2, 0) is 6.54 Å². The molecule has 98 valence electrons. The van der Waals surface area contributed by atoms with Crippen molar-refractivity contribution in [3.8, 4) is 0 Å². The Labute approximate surface area is 109 Å². The maximum atomic E-state index is 4.58.